The van der Waals surface area contributed by atoms with Gasteiger partial charge in [-0.2, -0.15) is 4.52 Å². The van der Waals surface area contributed by atoms with Crippen LogP contribution in [0.5, 0.6) is 5.88 Å². The van der Waals surface area contributed by atoms with E-state index in [-0.39, 0.29) is 5.75 Å². The van der Waals surface area contributed by atoms with Crippen molar-refractivity contribution >= 4 is 15.5 Å². The SMILES string of the molecule is COc1cccc2nc(C3CCCCS3(=O)=O)nn12. The normalized spacial score (nSPS) is 22.5. The van der Waals surface area contributed by atoms with Gasteiger partial charge in [0, 0.05) is 6.07 Å². The highest BCUT2D eigenvalue weighted by molar-refractivity contribution is 7.91. The summed E-state index contributed by atoms with van der Waals surface area (Å²) in [7, 11) is -1.57. The van der Waals surface area contributed by atoms with Crippen molar-refractivity contribution in [3.05, 3.63) is 24.0 Å². The van der Waals surface area contributed by atoms with Crippen LogP contribution in [0.1, 0.15) is 30.3 Å². The number of pyridine rings is 1. The Bertz CT molecular complexity index is 708. The highest BCUT2D eigenvalue weighted by atomic mass is 32.2. The molecule has 19 heavy (non-hydrogen) atoms. The third kappa shape index (κ3) is 2.07. The Hall–Kier alpha value is -1.63. The molecule has 1 aliphatic heterocycles. The van der Waals surface area contributed by atoms with Crippen molar-refractivity contribution in [1.82, 2.24) is 14.6 Å². The average molecular weight is 281 g/mol. The first-order chi connectivity index (χ1) is 9.12. The molecule has 2 aromatic rings. The summed E-state index contributed by atoms with van der Waals surface area (Å²) in [5.74, 6) is 1.15. The van der Waals surface area contributed by atoms with Crippen molar-refractivity contribution in [2.24, 2.45) is 0 Å². The van der Waals surface area contributed by atoms with E-state index in [1.165, 1.54) is 0 Å². The maximum absolute atomic E-state index is 12.1. The Labute approximate surface area is 111 Å². The van der Waals surface area contributed by atoms with Crippen LogP contribution >= 0.6 is 0 Å². The van der Waals surface area contributed by atoms with E-state index in [1.807, 2.05) is 6.07 Å². The van der Waals surface area contributed by atoms with Gasteiger partial charge in [-0.3, -0.25) is 0 Å². The number of fused-ring (bicyclic) bond motifs is 1. The van der Waals surface area contributed by atoms with Crippen molar-refractivity contribution in [1.29, 1.82) is 0 Å². The molecule has 3 heterocycles. The summed E-state index contributed by atoms with van der Waals surface area (Å²) in [6.45, 7) is 0. The molecule has 0 saturated carbocycles. The summed E-state index contributed by atoms with van der Waals surface area (Å²) in [5.41, 5.74) is 0.607. The third-order valence-corrected chi connectivity index (χ3v) is 5.59. The topological polar surface area (TPSA) is 73.6 Å². The van der Waals surface area contributed by atoms with Gasteiger partial charge in [-0.25, -0.2) is 13.4 Å². The summed E-state index contributed by atoms with van der Waals surface area (Å²) in [4.78, 5) is 4.33. The number of methoxy groups -OCH3 is 1. The van der Waals surface area contributed by atoms with Gasteiger partial charge in [-0.05, 0) is 18.9 Å². The fourth-order valence-corrected chi connectivity index (χ4v) is 4.27. The van der Waals surface area contributed by atoms with Crippen LogP contribution in [0.25, 0.3) is 5.65 Å². The van der Waals surface area contributed by atoms with E-state index in [4.69, 9.17) is 4.74 Å². The van der Waals surface area contributed by atoms with E-state index in [0.717, 1.165) is 12.8 Å². The molecule has 1 fully saturated rings. The molecule has 3 rings (SSSR count). The second kappa shape index (κ2) is 4.48. The van der Waals surface area contributed by atoms with E-state index in [9.17, 15) is 8.42 Å². The molecule has 0 N–H and O–H groups in total. The molecule has 1 aliphatic rings. The van der Waals surface area contributed by atoms with Crippen LogP contribution in [0, 0.1) is 0 Å². The highest BCUT2D eigenvalue weighted by Crippen LogP contribution is 2.32. The van der Waals surface area contributed by atoms with Crippen LogP contribution in [0.2, 0.25) is 0 Å². The molecule has 0 aromatic carbocycles. The Morgan fingerprint density at radius 1 is 1.37 bits per heavy atom. The minimum absolute atomic E-state index is 0.227. The van der Waals surface area contributed by atoms with Crippen LogP contribution in [0.15, 0.2) is 18.2 Å². The van der Waals surface area contributed by atoms with Gasteiger partial charge >= 0.3 is 0 Å². The second-order valence-electron chi connectivity index (χ2n) is 4.66. The van der Waals surface area contributed by atoms with Crippen LogP contribution in [0.4, 0.5) is 0 Å². The molecule has 0 aliphatic carbocycles. The van der Waals surface area contributed by atoms with Gasteiger partial charge in [0.25, 0.3) is 0 Å². The maximum Gasteiger partial charge on any atom is 0.216 e. The molecule has 1 unspecified atom stereocenters. The van der Waals surface area contributed by atoms with Crippen LogP contribution in [-0.4, -0.2) is 35.9 Å². The van der Waals surface area contributed by atoms with Gasteiger partial charge in [0.05, 0.1) is 12.9 Å². The van der Waals surface area contributed by atoms with Gasteiger partial charge in [-0.15, -0.1) is 5.10 Å². The molecule has 0 spiro atoms. The van der Waals surface area contributed by atoms with Crippen LogP contribution in [-0.2, 0) is 9.84 Å². The molecule has 6 nitrogen and oxygen atoms in total. The zero-order valence-corrected chi connectivity index (χ0v) is 11.4. The first-order valence-electron chi connectivity index (χ1n) is 6.23. The maximum atomic E-state index is 12.1. The lowest BCUT2D eigenvalue weighted by atomic mass is 10.2. The minimum atomic E-state index is -3.12. The first-order valence-corrected chi connectivity index (χ1v) is 7.94. The lowest BCUT2D eigenvalue weighted by Gasteiger charge is -2.19. The Kier molecular flexibility index (Phi) is 2.93. The third-order valence-electron chi connectivity index (χ3n) is 3.42. The van der Waals surface area contributed by atoms with Crippen molar-refractivity contribution in [2.45, 2.75) is 24.5 Å². The molecule has 0 bridgehead atoms. The van der Waals surface area contributed by atoms with Gasteiger partial charge in [0.1, 0.15) is 5.25 Å². The summed E-state index contributed by atoms with van der Waals surface area (Å²) < 4.78 is 30.9. The number of sulfone groups is 1. The lowest BCUT2D eigenvalue weighted by molar-refractivity contribution is 0.385. The number of hydrogen-bond donors (Lipinski definition) is 0. The van der Waals surface area contributed by atoms with Gasteiger partial charge in [-0.1, -0.05) is 12.5 Å². The van der Waals surface area contributed by atoms with Crippen molar-refractivity contribution in [3.63, 3.8) is 0 Å². The smallest absolute Gasteiger partial charge is 0.216 e. The zero-order valence-electron chi connectivity index (χ0n) is 10.6. The van der Waals surface area contributed by atoms with Gasteiger partial charge < -0.3 is 4.74 Å². The molecule has 1 atom stereocenters. The van der Waals surface area contributed by atoms with E-state index < -0.39 is 15.1 Å². The Morgan fingerprint density at radius 2 is 2.21 bits per heavy atom. The van der Waals surface area contributed by atoms with Gasteiger partial charge in [0.2, 0.25) is 5.88 Å². The predicted molar refractivity (Wildman–Crippen MR) is 69.9 cm³/mol. The van der Waals surface area contributed by atoms with E-state index in [2.05, 4.69) is 10.1 Å². The molecule has 7 heteroatoms. The number of nitrogens with zero attached hydrogens (tertiary/aromatic N) is 3. The largest absolute Gasteiger partial charge is 0.481 e. The average Bonchev–Trinajstić information content (AvgIpc) is 2.81. The highest BCUT2D eigenvalue weighted by Gasteiger charge is 2.33. The van der Waals surface area contributed by atoms with E-state index in [1.54, 1.807) is 23.8 Å². The quantitative estimate of drug-likeness (QED) is 0.831. The van der Waals surface area contributed by atoms with Crippen molar-refractivity contribution in [2.75, 3.05) is 12.9 Å². The molecular weight excluding hydrogens is 266 g/mol. The van der Waals surface area contributed by atoms with Gasteiger partial charge in [0.15, 0.2) is 21.3 Å². The fourth-order valence-electron chi connectivity index (χ4n) is 2.43. The Morgan fingerprint density at radius 3 is 2.95 bits per heavy atom. The first kappa shape index (κ1) is 12.4. The summed E-state index contributed by atoms with van der Waals surface area (Å²) in [6, 6.07) is 5.36. The zero-order chi connectivity index (χ0) is 13.5. The molecule has 0 amide bonds. The molecule has 1 saturated heterocycles. The molecular formula is C12H15N3O3S. The summed E-state index contributed by atoms with van der Waals surface area (Å²) >= 11 is 0. The fraction of sp³-hybridized carbons (Fsp3) is 0.500. The summed E-state index contributed by atoms with van der Waals surface area (Å²) in [5, 5.41) is 3.73. The van der Waals surface area contributed by atoms with Crippen LogP contribution < -0.4 is 4.74 Å². The standard InChI is InChI=1S/C12H15N3O3S/c1-18-11-7-4-6-10-13-12(14-15(10)11)9-5-2-3-8-19(9,16)17/h4,6-7,9H,2-3,5,8H2,1H3. The van der Waals surface area contributed by atoms with Crippen LogP contribution in [0.3, 0.4) is 0 Å². The van der Waals surface area contributed by atoms with E-state index >= 15 is 0 Å². The lowest BCUT2D eigenvalue weighted by Crippen LogP contribution is -2.22. The van der Waals surface area contributed by atoms with Crippen molar-refractivity contribution < 1.29 is 13.2 Å². The minimum Gasteiger partial charge on any atom is -0.481 e. The molecule has 2 aromatic heterocycles. The predicted octanol–water partition coefficient (Wildman–Crippen LogP) is 1.38. The number of rotatable bonds is 2. The number of aromatic nitrogens is 3. The Balaban J connectivity index is 2.11. The molecule has 102 valence electrons. The number of hydrogen-bond acceptors (Lipinski definition) is 5. The van der Waals surface area contributed by atoms with E-state index in [0.29, 0.717) is 23.8 Å². The second-order valence-corrected chi connectivity index (χ2v) is 6.96. The molecule has 0 radical (unpaired) electrons. The monoisotopic (exact) mass is 281 g/mol. The summed E-state index contributed by atoms with van der Waals surface area (Å²) in [6.07, 6.45) is 2.23. The van der Waals surface area contributed by atoms with Crippen molar-refractivity contribution in [3.8, 4) is 5.88 Å². The number of ether oxygens (including phenoxy) is 1.